The fourth-order valence-corrected chi connectivity index (χ4v) is 1.83. The van der Waals surface area contributed by atoms with Crippen molar-refractivity contribution < 1.29 is 9.53 Å². The van der Waals surface area contributed by atoms with Gasteiger partial charge in [0.2, 0.25) is 0 Å². The van der Waals surface area contributed by atoms with E-state index in [1.54, 1.807) is 0 Å². The molecule has 0 amide bonds. The molecule has 0 aliphatic heterocycles. The van der Waals surface area contributed by atoms with Crippen LogP contribution in [0.15, 0.2) is 23.8 Å². The van der Waals surface area contributed by atoms with Gasteiger partial charge in [-0.1, -0.05) is 25.2 Å². The zero-order chi connectivity index (χ0) is 10.7. The number of carbonyl (C=O) groups is 1. The molecule has 0 radical (unpaired) electrons. The predicted octanol–water partition coefficient (Wildman–Crippen LogP) is 2.71. The Balaban J connectivity index is 2.87. The lowest BCUT2D eigenvalue weighted by Crippen LogP contribution is -2.19. The first-order valence-corrected chi connectivity index (χ1v) is 5.01. The number of esters is 1. The van der Waals surface area contributed by atoms with Gasteiger partial charge in [0.25, 0.3) is 0 Å². The Kier molecular flexibility index (Phi) is 3.50. The Hall–Kier alpha value is -1.05. The van der Waals surface area contributed by atoms with Gasteiger partial charge in [-0.15, -0.1) is 0 Å². The smallest absolute Gasteiger partial charge is 0.333 e. The van der Waals surface area contributed by atoms with Crippen LogP contribution in [0.2, 0.25) is 0 Å². The normalized spacial score (nSPS) is 26.6. The minimum absolute atomic E-state index is 0.191. The molecule has 78 valence electrons. The topological polar surface area (TPSA) is 26.3 Å². The second-order valence-electron chi connectivity index (χ2n) is 4.04. The van der Waals surface area contributed by atoms with Gasteiger partial charge in [-0.3, -0.25) is 0 Å². The molecule has 0 spiro atoms. The average molecular weight is 194 g/mol. The molecule has 0 heterocycles. The summed E-state index contributed by atoms with van der Waals surface area (Å²) in [5.74, 6) is 0.474. The van der Waals surface area contributed by atoms with Crippen molar-refractivity contribution >= 4 is 5.97 Å². The molecular formula is C12H18O2. The lowest BCUT2D eigenvalue weighted by atomic mass is 9.81. The molecule has 0 aromatic carbocycles. The van der Waals surface area contributed by atoms with Gasteiger partial charge in [-0.25, -0.2) is 4.79 Å². The van der Waals surface area contributed by atoms with Crippen LogP contribution in [0.4, 0.5) is 0 Å². The highest BCUT2D eigenvalue weighted by Crippen LogP contribution is 2.31. The van der Waals surface area contributed by atoms with Gasteiger partial charge in [-0.05, 0) is 31.6 Å². The van der Waals surface area contributed by atoms with E-state index in [4.69, 9.17) is 4.74 Å². The van der Waals surface area contributed by atoms with Gasteiger partial charge in [0.1, 0.15) is 0 Å². The summed E-state index contributed by atoms with van der Waals surface area (Å²) in [5, 5.41) is 0. The first-order valence-electron chi connectivity index (χ1n) is 5.01. The van der Waals surface area contributed by atoms with Crippen LogP contribution in [0.3, 0.4) is 0 Å². The first kappa shape index (κ1) is 11.0. The average Bonchev–Trinajstić information content (AvgIpc) is 2.17. The highest BCUT2D eigenvalue weighted by molar-refractivity contribution is 5.89. The highest BCUT2D eigenvalue weighted by Gasteiger charge is 2.24. The minimum atomic E-state index is -0.191. The summed E-state index contributed by atoms with van der Waals surface area (Å²) in [4.78, 5) is 11.4. The third kappa shape index (κ3) is 2.25. The van der Waals surface area contributed by atoms with Crippen LogP contribution in [0, 0.1) is 11.8 Å². The van der Waals surface area contributed by atoms with E-state index in [1.807, 2.05) is 13.0 Å². The monoisotopic (exact) mass is 194 g/mol. The molecule has 0 fully saturated rings. The fourth-order valence-electron chi connectivity index (χ4n) is 1.83. The third-order valence-corrected chi connectivity index (χ3v) is 2.88. The molecule has 14 heavy (non-hydrogen) atoms. The number of hydrogen-bond acceptors (Lipinski definition) is 2. The van der Waals surface area contributed by atoms with Crippen molar-refractivity contribution in [1.29, 1.82) is 0 Å². The van der Waals surface area contributed by atoms with Crippen LogP contribution >= 0.6 is 0 Å². The minimum Gasteiger partial charge on any atom is -0.466 e. The Morgan fingerprint density at radius 3 is 2.71 bits per heavy atom. The molecule has 2 atom stereocenters. The molecule has 0 unspecified atom stereocenters. The lowest BCUT2D eigenvalue weighted by molar-refractivity contribution is -0.136. The number of ether oxygens (including phenoxy) is 1. The van der Waals surface area contributed by atoms with Gasteiger partial charge >= 0.3 is 5.97 Å². The summed E-state index contributed by atoms with van der Waals surface area (Å²) in [7, 11) is 1.43. The molecular weight excluding hydrogens is 176 g/mol. The Morgan fingerprint density at radius 1 is 1.57 bits per heavy atom. The molecule has 2 nitrogen and oxygen atoms in total. The van der Waals surface area contributed by atoms with E-state index >= 15 is 0 Å². The van der Waals surface area contributed by atoms with E-state index in [1.165, 1.54) is 7.11 Å². The number of rotatable bonds is 2. The van der Waals surface area contributed by atoms with Crippen LogP contribution in [-0.2, 0) is 9.53 Å². The zero-order valence-corrected chi connectivity index (χ0v) is 9.17. The second kappa shape index (κ2) is 4.45. The van der Waals surface area contributed by atoms with E-state index in [-0.39, 0.29) is 5.97 Å². The van der Waals surface area contributed by atoms with Crippen molar-refractivity contribution in [3.63, 3.8) is 0 Å². The maximum absolute atomic E-state index is 11.4. The molecule has 1 aliphatic carbocycles. The third-order valence-electron chi connectivity index (χ3n) is 2.88. The van der Waals surface area contributed by atoms with Crippen molar-refractivity contribution in [3.05, 3.63) is 23.8 Å². The summed E-state index contributed by atoms with van der Waals surface area (Å²) in [6.45, 7) is 8.00. The van der Waals surface area contributed by atoms with Crippen molar-refractivity contribution in [2.75, 3.05) is 7.11 Å². The molecule has 0 aromatic heterocycles. The van der Waals surface area contributed by atoms with Crippen molar-refractivity contribution in [3.8, 4) is 0 Å². The summed E-state index contributed by atoms with van der Waals surface area (Å²) in [6, 6.07) is 0. The van der Waals surface area contributed by atoms with Crippen molar-refractivity contribution in [2.24, 2.45) is 11.8 Å². The highest BCUT2D eigenvalue weighted by atomic mass is 16.5. The van der Waals surface area contributed by atoms with E-state index in [0.717, 1.165) is 24.0 Å². The van der Waals surface area contributed by atoms with Crippen molar-refractivity contribution in [2.45, 2.75) is 26.7 Å². The SMILES string of the molecule is C=C(C)[C@H]1C=C(C(=O)OC)[C@H](C)CC1. The van der Waals surface area contributed by atoms with Gasteiger partial charge < -0.3 is 4.74 Å². The zero-order valence-electron chi connectivity index (χ0n) is 9.17. The van der Waals surface area contributed by atoms with E-state index in [0.29, 0.717) is 11.8 Å². The van der Waals surface area contributed by atoms with Crippen LogP contribution < -0.4 is 0 Å². The Morgan fingerprint density at radius 2 is 2.21 bits per heavy atom. The van der Waals surface area contributed by atoms with Gasteiger partial charge in [0, 0.05) is 5.57 Å². The molecule has 2 heteroatoms. The largest absolute Gasteiger partial charge is 0.466 e. The second-order valence-corrected chi connectivity index (χ2v) is 4.04. The lowest BCUT2D eigenvalue weighted by Gasteiger charge is -2.25. The standard InChI is InChI=1S/C12H18O2/c1-8(2)10-6-5-9(3)11(7-10)12(13)14-4/h7,9-10H,1,5-6H2,2-4H3/t9-,10-/m1/s1. The van der Waals surface area contributed by atoms with Gasteiger partial charge in [-0.2, -0.15) is 0 Å². The molecule has 0 saturated carbocycles. The quantitative estimate of drug-likeness (QED) is 0.499. The maximum Gasteiger partial charge on any atom is 0.333 e. The number of hydrogen-bond donors (Lipinski definition) is 0. The predicted molar refractivity (Wildman–Crippen MR) is 56.8 cm³/mol. The molecule has 1 rings (SSSR count). The van der Waals surface area contributed by atoms with Gasteiger partial charge in [0.15, 0.2) is 0 Å². The number of carbonyl (C=O) groups excluding carboxylic acids is 1. The first-order chi connectivity index (χ1) is 6.56. The molecule has 0 bridgehead atoms. The van der Waals surface area contributed by atoms with Gasteiger partial charge in [0.05, 0.1) is 7.11 Å². The Bertz CT molecular complexity index is 276. The van der Waals surface area contributed by atoms with Crippen LogP contribution in [0.5, 0.6) is 0 Å². The molecule has 1 aliphatic rings. The number of methoxy groups -OCH3 is 1. The summed E-state index contributed by atoms with van der Waals surface area (Å²) in [6.07, 6.45) is 4.15. The van der Waals surface area contributed by atoms with E-state index in [2.05, 4.69) is 13.5 Å². The maximum atomic E-state index is 11.4. The fraction of sp³-hybridized carbons (Fsp3) is 0.583. The van der Waals surface area contributed by atoms with Crippen LogP contribution in [0.25, 0.3) is 0 Å². The molecule has 0 aromatic rings. The van der Waals surface area contributed by atoms with E-state index < -0.39 is 0 Å². The molecule has 0 N–H and O–H groups in total. The Labute approximate surface area is 85.6 Å². The van der Waals surface area contributed by atoms with E-state index in [9.17, 15) is 4.79 Å². The van der Waals surface area contributed by atoms with Crippen LogP contribution in [-0.4, -0.2) is 13.1 Å². The summed E-state index contributed by atoms with van der Waals surface area (Å²) >= 11 is 0. The number of allylic oxidation sites excluding steroid dienone is 2. The summed E-state index contributed by atoms with van der Waals surface area (Å²) < 4.78 is 4.75. The summed E-state index contributed by atoms with van der Waals surface area (Å²) in [5.41, 5.74) is 1.94. The van der Waals surface area contributed by atoms with Crippen LogP contribution in [0.1, 0.15) is 26.7 Å². The molecule has 0 saturated heterocycles. The van der Waals surface area contributed by atoms with Crippen molar-refractivity contribution in [1.82, 2.24) is 0 Å².